The molecule has 0 radical (unpaired) electrons. The number of aryl methyl sites for hydroxylation is 3. The van der Waals surface area contributed by atoms with E-state index in [1.807, 2.05) is 87.5 Å². The number of nitrogens with one attached hydrogen (secondary N) is 1. The summed E-state index contributed by atoms with van der Waals surface area (Å²) in [6.07, 6.45) is 4.19. The fraction of sp³-hybridized carbons (Fsp3) is 0.316. The largest absolute Gasteiger partial charge is 0.352 e. The van der Waals surface area contributed by atoms with Crippen molar-refractivity contribution in [3.05, 3.63) is 129 Å². The molecule has 1 aliphatic carbocycles. The van der Waals surface area contributed by atoms with E-state index in [-0.39, 0.29) is 29.8 Å². The Labute approximate surface area is 287 Å². The molecule has 1 N–H and O–H groups in total. The van der Waals surface area contributed by atoms with Crippen molar-refractivity contribution >= 4 is 43.5 Å². The van der Waals surface area contributed by atoms with Gasteiger partial charge in [-0.15, -0.1) is 0 Å². The van der Waals surface area contributed by atoms with Crippen LogP contribution in [0.1, 0.15) is 53.5 Å². The van der Waals surface area contributed by atoms with Crippen LogP contribution in [0.25, 0.3) is 0 Å². The van der Waals surface area contributed by atoms with Gasteiger partial charge in [-0.05, 0) is 80.6 Å². The summed E-state index contributed by atoms with van der Waals surface area (Å²) < 4.78 is 30.7. The van der Waals surface area contributed by atoms with Gasteiger partial charge in [-0.3, -0.25) is 13.9 Å². The lowest BCUT2D eigenvalue weighted by Gasteiger charge is -2.34. The van der Waals surface area contributed by atoms with Crippen LogP contribution >= 0.6 is 15.9 Å². The second-order valence-electron chi connectivity index (χ2n) is 12.5. The first-order valence-corrected chi connectivity index (χ1v) is 18.3. The third-order valence-corrected chi connectivity index (χ3v) is 11.0. The van der Waals surface area contributed by atoms with Crippen molar-refractivity contribution in [3.8, 4) is 0 Å². The van der Waals surface area contributed by atoms with Crippen LogP contribution < -0.4 is 9.62 Å². The molecule has 246 valence electrons. The van der Waals surface area contributed by atoms with Gasteiger partial charge in [0.05, 0.1) is 10.6 Å². The molecule has 47 heavy (non-hydrogen) atoms. The molecule has 9 heteroatoms. The standard InChI is InChI=1S/C38H42BrN3O4S/c1-27-16-19-34(20-17-27)47(45,46)42(35-21-18-28(2)22-29(35)3)26-37(43)41(25-31-12-9-13-32(39)23-31)36(24-30-10-5-4-6-11-30)38(44)40-33-14-7-8-15-33/h4-6,9-13,16-23,33,36H,7-8,14-15,24-26H2,1-3H3,(H,40,44)/t36-/m1/s1. The van der Waals surface area contributed by atoms with Crippen LogP contribution in [0.15, 0.2) is 106 Å². The van der Waals surface area contributed by atoms with Gasteiger partial charge in [0.25, 0.3) is 10.0 Å². The molecule has 1 fully saturated rings. The van der Waals surface area contributed by atoms with Crippen LogP contribution in [0.3, 0.4) is 0 Å². The first-order chi connectivity index (χ1) is 22.5. The summed E-state index contributed by atoms with van der Waals surface area (Å²) in [5.41, 5.74) is 4.78. The number of nitrogens with zero attached hydrogens (tertiary/aromatic N) is 2. The zero-order valence-corrected chi connectivity index (χ0v) is 29.6. The number of sulfonamides is 1. The van der Waals surface area contributed by atoms with E-state index in [2.05, 4.69) is 21.2 Å². The lowest BCUT2D eigenvalue weighted by Crippen LogP contribution is -2.54. The zero-order valence-electron chi connectivity index (χ0n) is 27.2. The summed E-state index contributed by atoms with van der Waals surface area (Å²) in [6.45, 7) is 5.33. The summed E-state index contributed by atoms with van der Waals surface area (Å²) in [6, 6.07) is 28.6. The van der Waals surface area contributed by atoms with Gasteiger partial charge in [-0.2, -0.15) is 0 Å². The van der Waals surface area contributed by atoms with E-state index in [0.29, 0.717) is 5.69 Å². The molecule has 4 aromatic carbocycles. The Morgan fingerprint density at radius 2 is 1.49 bits per heavy atom. The first-order valence-electron chi connectivity index (χ1n) is 16.1. The van der Waals surface area contributed by atoms with Gasteiger partial charge in [0, 0.05) is 23.5 Å². The predicted molar refractivity (Wildman–Crippen MR) is 191 cm³/mol. The minimum atomic E-state index is -4.16. The molecule has 0 unspecified atom stereocenters. The Kier molecular flexibility index (Phi) is 11.2. The minimum absolute atomic E-state index is 0.0530. The van der Waals surface area contributed by atoms with Crippen molar-refractivity contribution in [2.24, 2.45) is 0 Å². The highest BCUT2D eigenvalue weighted by molar-refractivity contribution is 9.10. The van der Waals surface area contributed by atoms with Gasteiger partial charge in [0.2, 0.25) is 11.8 Å². The maximum absolute atomic E-state index is 14.7. The van der Waals surface area contributed by atoms with E-state index in [4.69, 9.17) is 0 Å². The zero-order chi connectivity index (χ0) is 33.6. The number of hydrogen-bond acceptors (Lipinski definition) is 4. The van der Waals surface area contributed by atoms with E-state index >= 15 is 0 Å². The number of carbonyl (C=O) groups excluding carboxylic acids is 2. The quantitative estimate of drug-likeness (QED) is 0.167. The van der Waals surface area contributed by atoms with Crippen LogP contribution in [0.4, 0.5) is 5.69 Å². The average molecular weight is 717 g/mol. The number of halogens is 1. The number of benzene rings is 4. The Hall–Kier alpha value is -3.95. The molecular formula is C38H42BrN3O4S. The summed E-state index contributed by atoms with van der Waals surface area (Å²) in [4.78, 5) is 30.5. The van der Waals surface area contributed by atoms with Gasteiger partial charge in [0.1, 0.15) is 12.6 Å². The molecule has 0 saturated heterocycles. The van der Waals surface area contributed by atoms with E-state index in [9.17, 15) is 18.0 Å². The lowest BCUT2D eigenvalue weighted by atomic mass is 10.0. The maximum atomic E-state index is 14.7. The smallest absolute Gasteiger partial charge is 0.264 e. The summed E-state index contributed by atoms with van der Waals surface area (Å²) in [5, 5.41) is 3.22. The minimum Gasteiger partial charge on any atom is -0.352 e. The second-order valence-corrected chi connectivity index (χ2v) is 15.2. The van der Waals surface area contributed by atoms with Crippen molar-refractivity contribution in [1.82, 2.24) is 10.2 Å². The van der Waals surface area contributed by atoms with Gasteiger partial charge in [0.15, 0.2) is 0 Å². The first kappa shape index (κ1) is 34.4. The van der Waals surface area contributed by atoms with Gasteiger partial charge < -0.3 is 10.2 Å². The Morgan fingerprint density at radius 3 is 2.15 bits per heavy atom. The monoisotopic (exact) mass is 715 g/mol. The van der Waals surface area contributed by atoms with E-state index < -0.39 is 28.5 Å². The number of carbonyl (C=O) groups is 2. The lowest BCUT2D eigenvalue weighted by molar-refractivity contribution is -0.140. The van der Waals surface area contributed by atoms with Crippen molar-refractivity contribution in [2.75, 3.05) is 10.8 Å². The topological polar surface area (TPSA) is 86.8 Å². The highest BCUT2D eigenvalue weighted by atomic mass is 79.9. The normalized spacial score (nSPS) is 14.0. The molecule has 0 aliphatic heterocycles. The molecule has 2 amide bonds. The SMILES string of the molecule is Cc1ccc(S(=O)(=O)N(CC(=O)N(Cc2cccc(Br)c2)[C@H](Cc2ccccc2)C(=O)NC2CCCC2)c2ccc(C)cc2C)cc1. The molecule has 0 aromatic heterocycles. The highest BCUT2D eigenvalue weighted by Gasteiger charge is 2.36. The van der Waals surface area contributed by atoms with Crippen LogP contribution in [0.5, 0.6) is 0 Å². The Bertz CT molecular complexity index is 1810. The maximum Gasteiger partial charge on any atom is 0.264 e. The second kappa shape index (κ2) is 15.3. The fourth-order valence-corrected chi connectivity index (χ4v) is 8.11. The van der Waals surface area contributed by atoms with Gasteiger partial charge >= 0.3 is 0 Å². The van der Waals surface area contributed by atoms with E-state index in [0.717, 1.165) is 58.0 Å². The van der Waals surface area contributed by atoms with Crippen molar-refractivity contribution in [3.63, 3.8) is 0 Å². The van der Waals surface area contributed by atoms with E-state index in [1.165, 1.54) is 4.31 Å². The number of hydrogen-bond donors (Lipinski definition) is 1. The third kappa shape index (κ3) is 8.70. The van der Waals surface area contributed by atoms with Crippen LogP contribution in [0, 0.1) is 20.8 Å². The molecule has 0 spiro atoms. The molecule has 1 aliphatic rings. The fourth-order valence-electron chi connectivity index (χ4n) is 6.19. The van der Waals surface area contributed by atoms with Gasteiger partial charge in [-0.25, -0.2) is 8.42 Å². The molecule has 0 bridgehead atoms. The molecule has 1 atom stereocenters. The number of rotatable bonds is 12. The van der Waals surface area contributed by atoms with Gasteiger partial charge in [-0.1, -0.05) is 107 Å². The molecule has 5 rings (SSSR count). The van der Waals surface area contributed by atoms with E-state index in [1.54, 1.807) is 35.2 Å². The molecular weight excluding hydrogens is 674 g/mol. The summed E-state index contributed by atoms with van der Waals surface area (Å²) >= 11 is 3.54. The van der Waals surface area contributed by atoms with Crippen LogP contribution in [-0.4, -0.2) is 43.8 Å². The Morgan fingerprint density at radius 1 is 0.830 bits per heavy atom. The highest BCUT2D eigenvalue weighted by Crippen LogP contribution is 2.29. The van der Waals surface area contributed by atoms with Crippen LogP contribution in [0.2, 0.25) is 0 Å². The molecule has 4 aromatic rings. The van der Waals surface area contributed by atoms with Crippen molar-refractivity contribution < 1.29 is 18.0 Å². The molecule has 1 saturated carbocycles. The number of anilines is 1. The van der Waals surface area contributed by atoms with Crippen molar-refractivity contribution in [2.45, 2.75) is 76.4 Å². The van der Waals surface area contributed by atoms with Crippen molar-refractivity contribution in [1.29, 1.82) is 0 Å². The van der Waals surface area contributed by atoms with Crippen LogP contribution in [-0.2, 0) is 32.6 Å². The number of amides is 2. The molecule has 0 heterocycles. The summed E-state index contributed by atoms with van der Waals surface area (Å²) in [7, 11) is -4.16. The predicted octanol–water partition coefficient (Wildman–Crippen LogP) is 7.27. The third-order valence-electron chi connectivity index (χ3n) is 8.72. The molecule has 7 nitrogen and oxygen atoms in total. The Balaban J connectivity index is 1.58. The average Bonchev–Trinajstić information content (AvgIpc) is 3.55. The summed E-state index contributed by atoms with van der Waals surface area (Å²) in [5.74, 6) is -0.702.